The molecule has 0 atom stereocenters. The molecular weight excluding hydrogens is 184 g/mol. The van der Waals surface area contributed by atoms with Crippen LogP contribution in [0.2, 0.25) is 0 Å². The number of hydrogen-bond donors (Lipinski definition) is 1. The number of nitrogens with zero attached hydrogens (tertiary/aromatic N) is 1. The van der Waals surface area contributed by atoms with Crippen LogP contribution in [0, 0.1) is 0 Å². The summed E-state index contributed by atoms with van der Waals surface area (Å²) < 4.78 is 0. The van der Waals surface area contributed by atoms with Gasteiger partial charge in [0.25, 0.3) is 0 Å². The summed E-state index contributed by atoms with van der Waals surface area (Å²) in [5.74, 6) is 0. The summed E-state index contributed by atoms with van der Waals surface area (Å²) >= 11 is 0. The highest BCUT2D eigenvalue weighted by Gasteiger charge is 2.10. The first-order valence-corrected chi connectivity index (χ1v) is 6.75. The van der Waals surface area contributed by atoms with Crippen molar-refractivity contribution < 1.29 is 0 Å². The van der Waals surface area contributed by atoms with E-state index in [4.69, 9.17) is 0 Å². The molecule has 0 saturated heterocycles. The summed E-state index contributed by atoms with van der Waals surface area (Å²) in [5.41, 5.74) is 0. The van der Waals surface area contributed by atoms with E-state index in [1.54, 1.807) is 0 Å². The number of rotatable bonds is 6. The SMILES string of the molecule is CCCN(C)CCNC1CCCCCC1. The molecule has 0 heterocycles. The number of nitrogens with one attached hydrogen (secondary N) is 1. The van der Waals surface area contributed by atoms with Gasteiger partial charge in [-0.1, -0.05) is 32.6 Å². The molecule has 1 N–H and O–H groups in total. The molecule has 0 amide bonds. The summed E-state index contributed by atoms with van der Waals surface area (Å²) in [5, 5.41) is 3.71. The molecule has 2 nitrogen and oxygen atoms in total. The van der Waals surface area contributed by atoms with Gasteiger partial charge in [0, 0.05) is 19.1 Å². The molecular formula is C13H28N2. The zero-order valence-electron chi connectivity index (χ0n) is 10.6. The Morgan fingerprint density at radius 1 is 1.07 bits per heavy atom. The molecule has 0 spiro atoms. The lowest BCUT2D eigenvalue weighted by molar-refractivity contribution is 0.319. The van der Waals surface area contributed by atoms with Gasteiger partial charge in [-0.25, -0.2) is 0 Å². The lowest BCUT2D eigenvalue weighted by Crippen LogP contribution is -2.35. The van der Waals surface area contributed by atoms with Crippen molar-refractivity contribution in [3.05, 3.63) is 0 Å². The van der Waals surface area contributed by atoms with Gasteiger partial charge in [0.2, 0.25) is 0 Å². The molecule has 1 fully saturated rings. The molecule has 1 rings (SSSR count). The minimum atomic E-state index is 0.808. The van der Waals surface area contributed by atoms with Crippen LogP contribution in [0.15, 0.2) is 0 Å². The smallest absolute Gasteiger partial charge is 0.0104 e. The van der Waals surface area contributed by atoms with Gasteiger partial charge < -0.3 is 10.2 Å². The number of hydrogen-bond acceptors (Lipinski definition) is 2. The average molecular weight is 212 g/mol. The van der Waals surface area contributed by atoms with E-state index >= 15 is 0 Å². The average Bonchev–Trinajstić information content (AvgIpc) is 2.47. The van der Waals surface area contributed by atoms with Gasteiger partial charge in [-0.2, -0.15) is 0 Å². The predicted octanol–water partition coefficient (Wildman–Crippen LogP) is 2.64. The molecule has 15 heavy (non-hydrogen) atoms. The van der Waals surface area contributed by atoms with Crippen LogP contribution < -0.4 is 5.32 Å². The van der Waals surface area contributed by atoms with E-state index in [2.05, 4.69) is 24.2 Å². The van der Waals surface area contributed by atoms with Crippen molar-refractivity contribution in [2.45, 2.75) is 57.9 Å². The Morgan fingerprint density at radius 2 is 1.73 bits per heavy atom. The van der Waals surface area contributed by atoms with E-state index in [9.17, 15) is 0 Å². The van der Waals surface area contributed by atoms with Crippen molar-refractivity contribution in [3.8, 4) is 0 Å². The van der Waals surface area contributed by atoms with Crippen molar-refractivity contribution in [3.63, 3.8) is 0 Å². The lowest BCUT2D eigenvalue weighted by Gasteiger charge is -2.20. The Balaban J connectivity index is 2.02. The van der Waals surface area contributed by atoms with E-state index in [1.165, 1.54) is 64.6 Å². The lowest BCUT2D eigenvalue weighted by atomic mass is 10.1. The third-order valence-electron chi connectivity index (χ3n) is 3.39. The van der Waals surface area contributed by atoms with Gasteiger partial charge in [-0.05, 0) is 32.9 Å². The van der Waals surface area contributed by atoms with E-state index in [1.807, 2.05) is 0 Å². The molecule has 0 radical (unpaired) electrons. The number of likely N-dealkylation sites (N-methyl/N-ethyl adjacent to an activating group) is 1. The second-order valence-electron chi connectivity index (χ2n) is 4.95. The standard InChI is InChI=1S/C13H28N2/c1-3-11-15(2)12-10-14-13-8-6-4-5-7-9-13/h13-14H,3-12H2,1-2H3. The minimum absolute atomic E-state index is 0.808. The minimum Gasteiger partial charge on any atom is -0.313 e. The van der Waals surface area contributed by atoms with Gasteiger partial charge in [-0.15, -0.1) is 0 Å². The topological polar surface area (TPSA) is 15.3 Å². The molecule has 2 heteroatoms. The Labute approximate surface area is 95.4 Å². The molecule has 0 aromatic carbocycles. The molecule has 90 valence electrons. The van der Waals surface area contributed by atoms with E-state index in [0.717, 1.165) is 6.04 Å². The molecule has 1 aliphatic carbocycles. The normalized spacial score (nSPS) is 19.4. The Bertz CT molecular complexity index is 139. The van der Waals surface area contributed by atoms with Crippen LogP contribution in [0.3, 0.4) is 0 Å². The fourth-order valence-electron chi connectivity index (χ4n) is 2.44. The van der Waals surface area contributed by atoms with Crippen molar-refractivity contribution in [2.24, 2.45) is 0 Å². The van der Waals surface area contributed by atoms with Gasteiger partial charge in [0.05, 0.1) is 0 Å². The summed E-state index contributed by atoms with van der Waals surface area (Å²) in [7, 11) is 2.22. The largest absolute Gasteiger partial charge is 0.313 e. The molecule has 1 aliphatic rings. The molecule has 0 unspecified atom stereocenters. The van der Waals surface area contributed by atoms with Crippen molar-refractivity contribution >= 4 is 0 Å². The van der Waals surface area contributed by atoms with Gasteiger partial charge >= 0.3 is 0 Å². The maximum Gasteiger partial charge on any atom is 0.0104 e. The Hall–Kier alpha value is -0.0800. The highest BCUT2D eigenvalue weighted by atomic mass is 15.1. The van der Waals surface area contributed by atoms with Crippen molar-refractivity contribution in [1.29, 1.82) is 0 Å². The molecule has 0 bridgehead atoms. The van der Waals surface area contributed by atoms with Crippen LogP contribution in [-0.4, -0.2) is 37.6 Å². The highest BCUT2D eigenvalue weighted by Crippen LogP contribution is 2.16. The maximum atomic E-state index is 3.71. The molecule has 0 aromatic heterocycles. The summed E-state index contributed by atoms with van der Waals surface area (Å²) in [6.45, 7) is 5.84. The second kappa shape index (κ2) is 8.12. The first-order chi connectivity index (χ1) is 7.33. The van der Waals surface area contributed by atoms with Crippen LogP contribution >= 0.6 is 0 Å². The zero-order chi connectivity index (χ0) is 10.9. The van der Waals surface area contributed by atoms with Gasteiger partial charge in [0.15, 0.2) is 0 Å². The summed E-state index contributed by atoms with van der Waals surface area (Å²) in [4.78, 5) is 2.42. The summed E-state index contributed by atoms with van der Waals surface area (Å²) in [6, 6.07) is 0.808. The van der Waals surface area contributed by atoms with Gasteiger partial charge in [-0.3, -0.25) is 0 Å². The fourth-order valence-corrected chi connectivity index (χ4v) is 2.44. The van der Waals surface area contributed by atoms with E-state index < -0.39 is 0 Å². The van der Waals surface area contributed by atoms with E-state index in [0.29, 0.717) is 0 Å². The van der Waals surface area contributed by atoms with Gasteiger partial charge in [0.1, 0.15) is 0 Å². The Morgan fingerprint density at radius 3 is 2.33 bits per heavy atom. The van der Waals surface area contributed by atoms with Crippen LogP contribution in [0.1, 0.15) is 51.9 Å². The van der Waals surface area contributed by atoms with E-state index in [-0.39, 0.29) is 0 Å². The fraction of sp³-hybridized carbons (Fsp3) is 1.00. The third kappa shape index (κ3) is 6.16. The zero-order valence-corrected chi connectivity index (χ0v) is 10.6. The van der Waals surface area contributed by atoms with Crippen LogP contribution in [0.4, 0.5) is 0 Å². The van der Waals surface area contributed by atoms with Crippen LogP contribution in [-0.2, 0) is 0 Å². The predicted molar refractivity (Wildman–Crippen MR) is 67.3 cm³/mol. The molecule has 1 saturated carbocycles. The Kier molecular flexibility index (Phi) is 7.03. The third-order valence-corrected chi connectivity index (χ3v) is 3.39. The van der Waals surface area contributed by atoms with Crippen LogP contribution in [0.25, 0.3) is 0 Å². The summed E-state index contributed by atoms with van der Waals surface area (Å²) in [6.07, 6.45) is 9.83. The maximum absolute atomic E-state index is 3.71. The second-order valence-corrected chi connectivity index (χ2v) is 4.95. The quantitative estimate of drug-likeness (QED) is 0.681. The molecule has 0 aromatic rings. The van der Waals surface area contributed by atoms with Crippen molar-refractivity contribution in [2.75, 3.05) is 26.7 Å². The first kappa shape index (κ1) is 13.0. The van der Waals surface area contributed by atoms with Crippen LogP contribution in [0.5, 0.6) is 0 Å². The first-order valence-electron chi connectivity index (χ1n) is 6.75. The highest BCUT2D eigenvalue weighted by molar-refractivity contribution is 4.71. The monoisotopic (exact) mass is 212 g/mol. The molecule has 0 aliphatic heterocycles. The van der Waals surface area contributed by atoms with Crippen molar-refractivity contribution in [1.82, 2.24) is 10.2 Å².